The summed E-state index contributed by atoms with van der Waals surface area (Å²) in [6.07, 6.45) is 3.53. The Hall–Kier alpha value is -1.61. The van der Waals surface area contributed by atoms with Crippen LogP contribution in [0.3, 0.4) is 0 Å². The molecule has 0 aliphatic heterocycles. The average Bonchev–Trinajstić information content (AvgIpc) is 2.78. The summed E-state index contributed by atoms with van der Waals surface area (Å²) in [5.41, 5.74) is 1.06. The lowest BCUT2D eigenvalue weighted by Gasteiger charge is -2.05. The van der Waals surface area contributed by atoms with E-state index in [0.717, 1.165) is 17.1 Å². The number of pyridine rings is 1. The zero-order valence-electron chi connectivity index (χ0n) is 8.90. The second-order valence-electron chi connectivity index (χ2n) is 3.45. The van der Waals surface area contributed by atoms with Crippen molar-refractivity contribution in [2.24, 2.45) is 0 Å². The van der Waals surface area contributed by atoms with E-state index in [-0.39, 0.29) is 6.04 Å². The van der Waals surface area contributed by atoms with Gasteiger partial charge < -0.3 is 9.73 Å². The van der Waals surface area contributed by atoms with E-state index in [1.54, 1.807) is 12.4 Å². The zero-order chi connectivity index (χ0) is 10.7. The van der Waals surface area contributed by atoms with Gasteiger partial charge in [0.25, 0.3) is 0 Å². The van der Waals surface area contributed by atoms with Crippen molar-refractivity contribution >= 4 is 0 Å². The summed E-state index contributed by atoms with van der Waals surface area (Å²) < 4.78 is 5.73. The molecule has 2 aromatic rings. The number of furan rings is 1. The van der Waals surface area contributed by atoms with Gasteiger partial charge in [0.1, 0.15) is 11.5 Å². The Morgan fingerprint density at radius 1 is 1.20 bits per heavy atom. The minimum atomic E-state index is 0.237. The highest BCUT2D eigenvalue weighted by molar-refractivity contribution is 5.56. The van der Waals surface area contributed by atoms with Crippen LogP contribution in [0.2, 0.25) is 0 Å². The van der Waals surface area contributed by atoms with Crippen LogP contribution in [0, 0.1) is 0 Å². The molecular weight excluding hydrogens is 188 g/mol. The van der Waals surface area contributed by atoms with Crippen molar-refractivity contribution in [1.29, 1.82) is 0 Å². The van der Waals surface area contributed by atoms with Crippen molar-refractivity contribution in [1.82, 2.24) is 10.3 Å². The number of aromatic nitrogens is 1. The Labute approximate surface area is 89.1 Å². The first-order valence-corrected chi connectivity index (χ1v) is 4.98. The lowest BCUT2D eigenvalue weighted by atomic mass is 10.2. The quantitative estimate of drug-likeness (QED) is 0.831. The van der Waals surface area contributed by atoms with Gasteiger partial charge in [-0.2, -0.15) is 0 Å². The Kier molecular flexibility index (Phi) is 2.83. The molecule has 0 bridgehead atoms. The fraction of sp³-hybridized carbons (Fsp3) is 0.250. The SMILES string of the molecule is CNC(C)c1ccc(-c2ccncc2)o1. The summed E-state index contributed by atoms with van der Waals surface area (Å²) in [4.78, 5) is 3.97. The molecule has 0 spiro atoms. The number of hydrogen-bond acceptors (Lipinski definition) is 3. The molecule has 3 heteroatoms. The maximum Gasteiger partial charge on any atom is 0.134 e. The van der Waals surface area contributed by atoms with Crippen LogP contribution in [0.5, 0.6) is 0 Å². The molecule has 15 heavy (non-hydrogen) atoms. The van der Waals surface area contributed by atoms with Crippen molar-refractivity contribution in [2.75, 3.05) is 7.05 Å². The molecule has 0 amide bonds. The average molecular weight is 202 g/mol. The van der Waals surface area contributed by atoms with E-state index < -0.39 is 0 Å². The summed E-state index contributed by atoms with van der Waals surface area (Å²) in [5, 5.41) is 3.14. The minimum absolute atomic E-state index is 0.237. The lowest BCUT2D eigenvalue weighted by molar-refractivity contribution is 0.458. The third-order valence-electron chi connectivity index (χ3n) is 2.45. The Morgan fingerprint density at radius 3 is 2.60 bits per heavy atom. The van der Waals surface area contributed by atoms with Crippen molar-refractivity contribution in [3.8, 4) is 11.3 Å². The van der Waals surface area contributed by atoms with Crippen molar-refractivity contribution in [3.63, 3.8) is 0 Å². The molecular formula is C12H14N2O. The first-order valence-electron chi connectivity index (χ1n) is 4.98. The smallest absolute Gasteiger partial charge is 0.134 e. The van der Waals surface area contributed by atoms with E-state index in [2.05, 4.69) is 17.2 Å². The van der Waals surface area contributed by atoms with E-state index in [0.29, 0.717) is 0 Å². The molecule has 0 saturated heterocycles. The van der Waals surface area contributed by atoms with Crippen LogP contribution in [0.15, 0.2) is 41.1 Å². The molecule has 1 unspecified atom stereocenters. The van der Waals surface area contributed by atoms with Gasteiger partial charge in [-0.05, 0) is 38.2 Å². The van der Waals surface area contributed by atoms with E-state index in [4.69, 9.17) is 4.42 Å². The molecule has 2 rings (SSSR count). The molecule has 0 saturated carbocycles. The standard InChI is InChI=1S/C12H14N2O/c1-9(13-2)11-3-4-12(15-11)10-5-7-14-8-6-10/h3-9,13H,1-2H3. The van der Waals surface area contributed by atoms with Gasteiger partial charge in [0.2, 0.25) is 0 Å². The monoisotopic (exact) mass is 202 g/mol. The number of hydrogen-bond donors (Lipinski definition) is 1. The van der Waals surface area contributed by atoms with Crippen LogP contribution in [-0.2, 0) is 0 Å². The number of rotatable bonds is 3. The number of nitrogens with zero attached hydrogens (tertiary/aromatic N) is 1. The molecule has 0 aliphatic rings. The highest BCUT2D eigenvalue weighted by Crippen LogP contribution is 2.24. The molecule has 2 aromatic heterocycles. The van der Waals surface area contributed by atoms with E-state index in [9.17, 15) is 0 Å². The molecule has 0 aliphatic carbocycles. The lowest BCUT2D eigenvalue weighted by Crippen LogP contribution is -2.10. The highest BCUT2D eigenvalue weighted by atomic mass is 16.3. The fourth-order valence-corrected chi connectivity index (χ4v) is 1.40. The van der Waals surface area contributed by atoms with Gasteiger partial charge in [0.15, 0.2) is 0 Å². The first kappa shape index (κ1) is 9.93. The number of nitrogens with one attached hydrogen (secondary N) is 1. The molecule has 1 atom stereocenters. The first-order chi connectivity index (χ1) is 7.31. The fourth-order valence-electron chi connectivity index (χ4n) is 1.40. The van der Waals surface area contributed by atoms with Crippen molar-refractivity contribution in [3.05, 3.63) is 42.4 Å². The van der Waals surface area contributed by atoms with Crippen LogP contribution in [0.25, 0.3) is 11.3 Å². The largest absolute Gasteiger partial charge is 0.459 e. The predicted octanol–water partition coefficient (Wildman–Crippen LogP) is 2.62. The molecule has 1 N–H and O–H groups in total. The van der Waals surface area contributed by atoms with Crippen LogP contribution in [0.1, 0.15) is 18.7 Å². The third-order valence-corrected chi connectivity index (χ3v) is 2.45. The van der Waals surface area contributed by atoms with Crippen LogP contribution in [-0.4, -0.2) is 12.0 Å². The van der Waals surface area contributed by atoms with Crippen molar-refractivity contribution < 1.29 is 4.42 Å². The summed E-state index contributed by atoms with van der Waals surface area (Å²) in [5.74, 6) is 1.83. The Bertz CT molecular complexity index is 422. The summed E-state index contributed by atoms with van der Waals surface area (Å²) >= 11 is 0. The Morgan fingerprint density at radius 2 is 1.93 bits per heavy atom. The second kappa shape index (κ2) is 4.28. The second-order valence-corrected chi connectivity index (χ2v) is 3.45. The minimum Gasteiger partial charge on any atom is -0.459 e. The maximum absolute atomic E-state index is 5.73. The van der Waals surface area contributed by atoms with Gasteiger partial charge in [0.05, 0.1) is 6.04 Å². The summed E-state index contributed by atoms with van der Waals surface area (Å²) in [7, 11) is 1.92. The third kappa shape index (κ3) is 2.07. The zero-order valence-corrected chi connectivity index (χ0v) is 8.90. The van der Waals surface area contributed by atoms with Gasteiger partial charge in [-0.25, -0.2) is 0 Å². The summed E-state index contributed by atoms with van der Waals surface area (Å²) in [6.45, 7) is 2.06. The van der Waals surface area contributed by atoms with E-state index in [1.807, 2.05) is 31.3 Å². The molecule has 0 fully saturated rings. The van der Waals surface area contributed by atoms with E-state index >= 15 is 0 Å². The molecule has 3 nitrogen and oxygen atoms in total. The Balaban J connectivity index is 2.28. The van der Waals surface area contributed by atoms with Gasteiger partial charge in [-0.15, -0.1) is 0 Å². The van der Waals surface area contributed by atoms with E-state index in [1.165, 1.54) is 0 Å². The predicted molar refractivity (Wildman–Crippen MR) is 59.4 cm³/mol. The van der Waals surface area contributed by atoms with Gasteiger partial charge in [0, 0.05) is 18.0 Å². The topological polar surface area (TPSA) is 38.1 Å². The van der Waals surface area contributed by atoms with Crippen molar-refractivity contribution in [2.45, 2.75) is 13.0 Å². The molecule has 78 valence electrons. The normalized spacial score (nSPS) is 12.7. The molecule has 0 radical (unpaired) electrons. The maximum atomic E-state index is 5.73. The van der Waals surface area contributed by atoms with Gasteiger partial charge in [-0.1, -0.05) is 0 Å². The van der Waals surface area contributed by atoms with Gasteiger partial charge in [-0.3, -0.25) is 4.98 Å². The van der Waals surface area contributed by atoms with Crippen LogP contribution >= 0.6 is 0 Å². The van der Waals surface area contributed by atoms with Crippen LogP contribution in [0.4, 0.5) is 0 Å². The summed E-state index contributed by atoms with van der Waals surface area (Å²) in [6, 6.07) is 8.09. The highest BCUT2D eigenvalue weighted by Gasteiger charge is 2.08. The molecule has 2 heterocycles. The molecule has 0 aromatic carbocycles. The van der Waals surface area contributed by atoms with Crippen LogP contribution < -0.4 is 5.32 Å². The van der Waals surface area contributed by atoms with Gasteiger partial charge >= 0.3 is 0 Å².